The lowest BCUT2D eigenvalue weighted by Gasteiger charge is -2.25. The van der Waals surface area contributed by atoms with Crippen LogP contribution in [0.2, 0.25) is 0 Å². The Hall–Kier alpha value is -2.85. The van der Waals surface area contributed by atoms with Crippen LogP contribution in [0, 0.1) is 11.6 Å². The molecule has 0 amide bonds. The predicted octanol–water partition coefficient (Wildman–Crippen LogP) is 5.19. The molecule has 0 saturated carbocycles. The molecule has 33 heavy (non-hydrogen) atoms. The van der Waals surface area contributed by atoms with E-state index in [-0.39, 0.29) is 23.0 Å². The van der Waals surface area contributed by atoms with Gasteiger partial charge in [-0.1, -0.05) is 6.07 Å². The van der Waals surface area contributed by atoms with Gasteiger partial charge in [-0.2, -0.15) is 0 Å². The number of rotatable bonds is 2. The first-order valence-corrected chi connectivity index (χ1v) is 11.5. The van der Waals surface area contributed by atoms with Crippen molar-refractivity contribution in [2.75, 3.05) is 5.32 Å². The van der Waals surface area contributed by atoms with Crippen molar-refractivity contribution in [3.05, 3.63) is 95.3 Å². The van der Waals surface area contributed by atoms with Crippen LogP contribution in [0.5, 0.6) is 0 Å². The highest BCUT2D eigenvalue weighted by molar-refractivity contribution is 9.10. The molecule has 2 heterocycles. The maximum atomic E-state index is 13.6. The fourth-order valence-corrected chi connectivity index (χ4v) is 4.77. The molecule has 1 aliphatic carbocycles. The van der Waals surface area contributed by atoms with E-state index in [1.54, 1.807) is 19.2 Å². The monoisotopic (exact) mass is 579 g/mol. The lowest BCUT2D eigenvalue weighted by molar-refractivity contribution is -0.115. The van der Waals surface area contributed by atoms with Gasteiger partial charge in [0, 0.05) is 36.2 Å². The summed E-state index contributed by atoms with van der Waals surface area (Å²) < 4.78 is 28.1. The number of Topliss-reactive ketones (excluding diaryl/α,β-unsaturated/α-hetero) is 1. The molecule has 5 rings (SSSR count). The van der Waals surface area contributed by atoms with Crippen molar-refractivity contribution in [3.63, 3.8) is 0 Å². The van der Waals surface area contributed by atoms with Crippen LogP contribution >= 0.6 is 31.9 Å². The molecular weight excluding hydrogens is 564 g/mol. The summed E-state index contributed by atoms with van der Waals surface area (Å²) in [6.07, 6.45) is 1.73. The van der Waals surface area contributed by atoms with E-state index in [0.717, 1.165) is 11.3 Å². The summed E-state index contributed by atoms with van der Waals surface area (Å²) in [4.78, 5) is 35.0. The molecule has 2 aromatic carbocycles. The minimum absolute atomic E-state index is 0.0341. The number of hydrogen-bond acceptors (Lipinski definition) is 4. The molecule has 0 spiro atoms. The number of nitrogens with one attached hydrogen (secondary N) is 2. The highest BCUT2D eigenvalue weighted by Crippen LogP contribution is 2.44. The Labute approximate surface area is 203 Å². The molecule has 6 nitrogen and oxygen atoms in total. The molecule has 170 valence electrons. The van der Waals surface area contributed by atoms with Crippen molar-refractivity contribution in [2.24, 2.45) is 7.05 Å². The normalized spacial score (nSPS) is 16.5. The van der Waals surface area contributed by atoms with Gasteiger partial charge in [-0.15, -0.1) is 0 Å². The maximum Gasteiger partial charge on any atom is 0.272 e. The third kappa shape index (κ3) is 4.37. The molecule has 0 fully saturated rings. The van der Waals surface area contributed by atoms with Crippen molar-refractivity contribution < 1.29 is 18.4 Å². The molecule has 0 radical (unpaired) electrons. The minimum Gasteiger partial charge on any atom is -0.343 e. The van der Waals surface area contributed by atoms with E-state index in [2.05, 4.69) is 42.3 Å². The summed E-state index contributed by atoms with van der Waals surface area (Å²) in [6.45, 7) is 0. The average molecular weight is 581 g/mol. The number of benzene rings is 2. The summed E-state index contributed by atoms with van der Waals surface area (Å²) in [5.74, 6) is -0.566. The number of H-pyrrole nitrogens is 1. The summed E-state index contributed by atoms with van der Waals surface area (Å²) in [5, 5.41) is 6.15. The predicted molar refractivity (Wildman–Crippen MR) is 126 cm³/mol. The second-order valence-corrected chi connectivity index (χ2v) is 9.31. The summed E-state index contributed by atoms with van der Waals surface area (Å²) in [5.41, 5.74) is 2.96. The molecule has 0 bridgehead atoms. The van der Waals surface area contributed by atoms with Gasteiger partial charge in [-0.25, -0.2) is 8.78 Å². The Morgan fingerprint density at radius 3 is 2.33 bits per heavy atom. The number of halogens is 4. The van der Waals surface area contributed by atoms with Crippen LogP contribution in [-0.4, -0.2) is 21.8 Å². The highest BCUT2D eigenvalue weighted by atomic mass is 79.9. The topological polar surface area (TPSA) is 84.0 Å². The Kier molecular flexibility index (Phi) is 6.49. The van der Waals surface area contributed by atoms with E-state index in [4.69, 9.17) is 0 Å². The molecule has 1 aromatic heterocycles. The Balaban J connectivity index is 0.000000219. The van der Waals surface area contributed by atoms with Gasteiger partial charge < -0.3 is 5.32 Å². The number of fused-ring (bicyclic) bond motifs is 1. The van der Waals surface area contributed by atoms with Gasteiger partial charge in [0.15, 0.2) is 5.78 Å². The first kappa shape index (κ1) is 23.3. The van der Waals surface area contributed by atoms with E-state index in [1.165, 1.54) is 28.9 Å². The number of aldehydes is 1. The van der Waals surface area contributed by atoms with E-state index in [1.807, 2.05) is 0 Å². The van der Waals surface area contributed by atoms with Crippen molar-refractivity contribution in [2.45, 2.75) is 18.8 Å². The fraction of sp³-hybridized carbons (Fsp3) is 0.174. The summed E-state index contributed by atoms with van der Waals surface area (Å²) in [6, 6.07) is 8.71. The number of allylic oxidation sites excluding steroid dienone is 2. The van der Waals surface area contributed by atoms with Gasteiger partial charge in [0.2, 0.25) is 0 Å². The lowest BCUT2D eigenvalue weighted by atomic mass is 9.82. The summed E-state index contributed by atoms with van der Waals surface area (Å²) in [7, 11) is 1.63. The second-order valence-electron chi connectivity index (χ2n) is 7.60. The van der Waals surface area contributed by atoms with Crippen LogP contribution in [0.1, 0.15) is 40.2 Å². The second kappa shape index (κ2) is 9.18. The Morgan fingerprint density at radius 1 is 1.03 bits per heavy atom. The standard InChI is InChI=1S/C16H13BrFN3O2.C7H4BrFO/c1-21-16(23)14-12(7-2-3-9(18)8(17)6-7)13-10(4-5-11(13)22)19-15(14)20-21;8-6-3-5(4-10)1-2-7(6)9/h2-3,6,12,19-20H,4-5H2,1H3;1-4H. The van der Waals surface area contributed by atoms with Crippen molar-refractivity contribution in [1.29, 1.82) is 0 Å². The fourth-order valence-electron chi connectivity index (χ4n) is 3.98. The zero-order chi connectivity index (χ0) is 23.9. The number of nitrogens with zero attached hydrogens (tertiary/aromatic N) is 1. The molecule has 2 N–H and O–H groups in total. The van der Waals surface area contributed by atoms with Gasteiger partial charge in [-0.05, 0) is 74.2 Å². The quantitative estimate of drug-likeness (QED) is 0.409. The van der Waals surface area contributed by atoms with Gasteiger partial charge in [0.25, 0.3) is 5.56 Å². The SMILES string of the molecule is Cn1[nH]c2c(c1=O)C(c1ccc(F)c(Br)c1)C1=C(CCC1=O)N2.O=Cc1ccc(F)c(Br)c1. The number of aryl methyl sites for hydroxylation is 1. The summed E-state index contributed by atoms with van der Waals surface area (Å²) >= 11 is 6.13. The number of aromatic nitrogens is 2. The molecule has 1 unspecified atom stereocenters. The Bertz CT molecular complexity index is 1380. The zero-order valence-electron chi connectivity index (χ0n) is 17.2. The molecule has 10 heteroatoms. The van der Waals surface area contributed by atoms with Gasteiger partial charge in [0.1, 0.15) is 23.7 Å². The molecular formula is C23H17Br2F2N3O3. The number of aromatic amines is 1. The van der Waals surface area contributed by atoms with E-state index in [9.17, 15) is 23.2 Å². The Morgan fingerprint density at radius 2 is 1.70 bits per heavy atom. The van der Waals surface area contributed by atoms with Crippen molar-refractivity contribution in [3.8, 4) is 0 Å². The van der Waals surface area contributed by atoms with Crippen LogP contribution in [0.25, 0.3) is 0 Å². The maximum absolute atomic E-state index is 13.6. The number of carbonyl (C=O) groups is 2. The van der Waals surface area contributed by atoms with Crippen molar-refractivity contribution >= 4 is 49.7 Å². The van der Waals surface area contributed by atoms with Crippen LogP contribution in [0.15, 0.2) is 61.4 Å². The third-order valence-corrected chi connectivity index (χ3v) is 6.74. The third-order valence-electron chi connectivity index (χ3n) is 5.52. The number of anilines is 1. The number of ketones is 1. The highest BCUT2D eigenvalue weighted by Gasteiger charge is 2.39. The first-order valence-electron chi connectivity index (χ1n) is 9.88. The molecule has 1 atom stereocenters. The first-order chi connectivity index (χ1) is 15.7. The smallest absolute Gasteiger partial charge is 0.272 e. The average Bonchev–Trinajstić information content (AvgIpc) is 3.30. The van der Waals surface area contributed by atoms with Crippen LogP contribution in [0.4, 0.5) is 14.6 Å². The molecule has 3 aromatic rings. The molecule has 0 saturated heterocycles. The van der Waals surface area contributed by atoms with E-state index >= 15 is 0 Å². The number of carbonyl (C=O) groups excluding carboxylic acids is 2. The number of hydrogen-bond donors (Lipinski definition) is 2. The van der Waals surface area contributed by atoms with Crippen LogP contribution in [0.3, 0.4) is 0 Å². The lowest BCUT2D eigenvalue weighted by Crippen LogP contribution is -2.24. The largest absolute Gasteiger partial charge is 0.343 e. The van der Waals surface area contributed by atoms with Gasteiger partial charge >= 0.3 is 0 Å². The zero-order valence-corrected chi connectivity index (χ0v) is 20.4. The van der Waals surface area contributed by atoms with Gasteiger partial charge in [-0.3, -0.25) is 24.2 Å². The van der Waals surface area contributed by atoms with Crippen LogP contribution < -0.4 is 10.9 Å². The van der Waals surface area contributed by atoms with Gasteiger partial charge in [0.05, 0.1) is 14.5 Å². The van der Waals surface area contributed by atoms with Crippen LogP contribution in [-0.2, 0) is 11.8 Å². The van der Waals surface area contributed by atoms with E-state index in [0.29, 0.717) is 50.6 Å². The minimum atomic E-state index is -0.474. The van der Waals surface area contributed by atoms with E-state index < -0.39 is 5.92 Å². The molecule has 1 aliphatic heterocycles. The molecule has 2 aliphatic rings. The van der Waals surface area contributed by atoms with Crippen molar-refractivity contribution in [1.82, 2.24) is 9.78 Å².